The molecule has 0 aliphatic rings. The Balaban J connectivity index is 2.58. The fraction of sp³-hybridized carbons (Fsp3) is 0.364. The van der Waals surface area contributed by atoms with Crippen molar-refractivity contribution in [3.05, 3.63) is 28.2 Å². The van der Waals surface area contributed by atoms with Crippen LogP contribution in [0.3, 0.4) is 0 Å². The zero-order valence-electron chi connectivity index (χ0n) is 8.84. The molecule has 3 nitrogen and oxygen atoms in total. The van der Waals surface area contributed by atoms with Crippen LogP contribution >= 0.6 is 23.2 Å². The third-order valence-electron chi connectivity index (χ3n) is 2.12. The van der Waals surface area contributed by atoms with Gasteiger partial charge in [-0.1, -0.05) is 23.2 Å². The Morgan fingerprint density at radius 2 is 2.19 bits per heavy atom. The van der Waals surface area contributed by atoms with Gasteiger partial charge in [0.2, 0.25) is 0 Å². The summed E-state index contributed by atoms with van der Waals surface area (Å²) in [5, 5.41) is 12.8. The number of carbonyl (C=O) groups is 1. The summed E-state index contributed by atoms with van der Waals surface area (Å²) in [7, 11) is 0. The van der Waals surface area contributed by atoms with E-state index >= 15 is 0 Å². The lowest BCUT2D eigenvalue weighted by atomic mass is 10.1. The number of aliphatic carboxylic acids is 1. The van der Waals surface area contributed by atoms with Gasteiger partial charge in [0.25, 0.3) is 0 Å². The molecule has 1 atom stereocenters. The van der Waals surface area contributed by atoms with E-state index in [-0.39, 0.29) is 12.5 Å². The molecule has 0 aromatic heterocycles. The lowest BCUT2D eigenvalue weighted by molar-refractivity contribution is -0.137. The summed E-state index contributed by atoms with van der Waals surface area (Å²) in [6, 6.07) is 5.17. The second-order valence-electron chi connectivity index (χ2n) is 3.60. The second kappa shape index (κ2) is 5.97. The average Bonchev–Trinajstić information content (AvgIpc) is 2.20. The Bertz CT molecular complexity index is 382. The molecular formula is C11H13Cl2NO2. The highest BCUT2D eigenvalue weighted by Crippen LogP contribution is 2.26. The molecular weight excluding hydrogens is 249 g/mol. The third kappa shape index (κ3) is 4.29. The number of halogens is 2. The fourth-order valence-electron chi connectivity index (χ4n) is 1.29. The largest absolute Gasteiger partial charge is 0.481 e. The molecule has 0 aliphatic carbocycles. The van der Waals surface area contributed by atoms with Crippen molar-refractivity contribution in [2.24, 2.45) is 0 Å². The summed E-state index contributed by atoms with van der Waals surface area (Å²) in [5.41, 5.74) is 0.729. The van der Waals surface area contributed by atoms with Crippen molar-refractivity contribution in [2.45, 2.75) is 25.8 Å². The molecule has 5 heteroatoms. The Morgan fingerprint density at radius 1 is 1.50 bits per heavy atom. The van der Waals surface area contributed by atoms with Crippen molar-refractivity contribution in [1.29, 1.82) is 0 Å². The van der Waals surface area contributed by atoms with Crippen molar-refractivity contribution in [1.82, 2.24) is 0 Å². The molecule has 2 N–H and O–H groups in total. The van der Waals surface area contributed by atoms with E-state index in [0.29, 0.717) is 16.5 Å². The highest BCUT2D eigenvalue weighted by molar-refractivity contribution is 6.35. The number of hydrogen-bond acceptors (Lipinski definition) is 2. The lowest BCUT2D eigenvalue weighted by Gasteiger charge is -2.15. The summed E-state index contributed by atoms with van der Waals surface area (Å²) in [6.07, 6.45) is 0.671. The number of benzene rings is 1. The SMILES string of the molecule is CC(CCC(=O)O)Nc1cc(Cl)ccc1Cl. The van der Waals surface area contributed by atoms with Crippen molar-refractivity contribution < 1.29 is 9.90 Å². The maximum Gasteiger partial charge on any atom is 0.303 e. The summed E-state index contributed by atoms with van der Waals surface area (Å²) in [6.45, 7) is 1.90. The minimum absolute atomic E-state index is 0.0343. The van der Waals surface area contributed by atoms with E-state index in [4.69, 9.17) is 28.3 Å². The lowest BCUT2D eigenvalue weighted by Crippen LogP contribution is -2.16. The number of rotatable bonds is 5. The maximum atomic E-state index is 10.4. The van der Waals surface area contributed by atoms with Crippen LogP contribution in [0.25, 0.3) is 0 Å². The molecule has 0 radical (unpaired) electrons. The predicted octanol–water partition coefficient (Wildman–Crippen LogP) is 3.66. The second-order valence-corrected chi connectivity index (χ2v) is 4.45. The van der Waals surface area contributed by atoms with Gasteiger partial charge in [0.1, 0.15) is 0 Å². The number of hydrogen-bond donors (Lipinski definition) is 2. The van der Waals surface area contributed by atoms with Crippen LogP contribution in [0.2, 0.25) is 10.0 Å². The van der Waals surface area contributed by atoms with E-state index in [1.165, 1.54) is 0 Å². The van der Waals surface area contributed by atoms with Gasteiger partial charge in [0.15, 0.2) is 0 Å². The number of carboxylic acids is 1. The van der Waals surface area contributed by atoms with Crippen molar-refractivity contribution in [2.75, 3.05) is 5.32 Å². The molecule has 1 aromatic rings. The molecule has 0 heterocycles. The quantitative estimate of drug-likeness (QED) is 0.851. The first-order valence-corrected chi connectivity index (χ1v) is 5.68. The Morgan fingerprint density at radius 3 is 2.81 bits per heavy atom. The summed E-state index contributed by atoms with van der Waals surface area (Å²) in [4.78, 5) is 10.4. The van der Waals surface area contributed by atoms with E-state index in [2.05, 4.69) is 5.32 Å². The molecule has 16 heavy (non-hydrogen) atoms. The molecule has 0 bridgehead atoms. The van der Waals surface area contributed by atoms with E-state index in [1.807, 2.05) is 6.92 Å². The van der Waals surface area contributed by atoms with Crippen molar-refractivity contribution in [3.8, 4) is 0 Å². The van der Waals surface area contributed by atoms with Gasteiger partial charge >= 0.3 is 5.97 Å². The molecule has 0 saturated heterocycles. The summed E-state index contributed by atoms with van der Waals surface area (Å²) in [5.74, 6) is -0.800. The first kappa shape index (κ1) is 13.1. The minimum Gasteiger partial charge on any atom is -0.481 e. The highest BCUT2D eigenvalue weighted by atomic mass is 35.5. The molecule has 0 fully saturated rings. The van der Waals surface area contributed by atoms with Gasteiger partial charge in [-0.2, -0.15) is 0 Å². The van der Waals surface area contributed by atoms with Crippen LogP contribution in [-0.2, 0) is 4.79 Å². The molecule has 1 rings (SSSR count). The first-order valence-electron chi connectivity index (χ1n) is 4.92. The van der Waals surface area contributed by atoms with Gasteiger partial charge < -0.3 is 10.4 Å². The van der Waals surface area contributed by atoms with Crippen LogP contribution < -0.4 is 5.32 Å². The van der Waals surface area contributed by atoms with Crippen LogP contribution in [0.4, 0.5) is 5.69 Å². The predicted molar refractivity (Wildman–Crippen MR) is 66.4 cm³/mol. The number of anilines is 1. The summed E-state index contributed by atoms with van der Waals surface area (Å²) < 4.78 is 0. The fourth-order valence-corrected chi connectivity index (χ4v) is 1.63. The van der Waals surface area contributed by atoms with E-state index in [1.54, 1.807) is 18.2 Å². The molecule has 88 valence electrons. The van der Waals surface area contributed by atoms with Crippen LogP contribution in [0.1, 0.15) is 19.8 Å². The Labute approximate surface area is 104 Å². The van der Waals surface area contributed by atoms with Gasteiger partial charge in [0, 0.05) is 17.5 Å². The van der Waals surface area contributed by atoms with Gasteiger partial charge in [-0.05, 0) is 31.5 Å². The monoisotopic (exact) mass is 261 g/mol. The van der Waals surface area contributed by atoms with Crippen LogP contribution in [-0.4, -0.2) is 17.1 Å². The van der Waals surface area contributed by atoms with Gasteiger partial charge in [-0.25, -0.2) is 0 Å². The molecule has 0 aliphatic heterocycles. The highest BCUT2D eigenvalue weighted by Gasteiger charge is 2.07. The van der Waals surface area contributed by atoms with E-state index < -0.39 is 5.97 Å². The van der Waals surface area contributed by atoms with Crippen LogP contribution in [0.15, 0.2) is 18.2 Å². The van der Waals surface area contributed by atoms with E-state index in [0.717, 1.165) is 5.69 Å². The minimum atomic E-state index is -0.800. The topological polar surface area (TPSA) is 49.3 Å². The normalized spacial score (nSPS) is 12.2. The zero-order valence-corrected chi connectivity index (χ0v) is 10.3. The number of nitrogens with one attached hydrogen (secondary N) is 1. The first-order chi connectivity index (χ1) is 7.49. The van der Waals surface area contributed by atoms with Crippen LogP contribution in [0, 0.1) is 0 Å². The number of carboxylic acid groups (broad SMARTS) is 1. The maximum absolute atomic E-state index is 10.4. The Hall–Kier alpha value is -0.930. The average molecular weight is 262 g/mol. The van der Waals surface area contributed by atoms with Crippen LogP contribution in [0.5, 0.6) is 0 Å². The zero-order chi connectivity index (χ0) is 12.1. The third-order valence-corrected chi connectivity index (χ3v) is 2.69. The summed E-state index contributed by atoms with van der Waals surface area (Å²) >= 11 is 11.8. The molecule has 0 spiro atoms. The smallest absolute Gasteiger partial charge is 0.303 e. The molecule has 0 amide bonds. The molecule has 1 aromatic carbocycles. The van der Waals surface area contributed by atoms with Crippen molar-refractivity contribution in [3.63, 3.8) is 0 Å². The van der Waals surface area contributed by atoms with Crippen molar-refractivity contribution >= 4 is 34.9 Å². The molecule has 0 saturated carbocycles. The van der Waals surface area contributed by atoms with Gasteiger partial charge in [-0.15, -0.1) is 0 Å². The standard InChI is InChI=1S/C11H13Cl2NO2/c1-7(2-5-11(15)16)14-10-6-8(12)3-4-9(10)13/h3-4,6-7,14H,2,5H2,1H3,(H,15,16). The van der Waals surface area contributed by atoms with E-state index in [9.17, 15) is 4.79 Å². The van der Waals surface area contributed by atoms with Gasteiger partial charge in [0.05, 0.1) is 10.7 Å². The Kier molecular flexibility index (Phi) is 4.90. The molecule has 1 unspecified atom stereocenters. The van der Waals surface area contributed by atoms with Gasteiger partial charge in [-0.3, -0.25) is 4.79 Å².